The topological polar surface area (TPSA) is 58.6 Å². The fourth-order valence-electron chi connectivity index (χ4n) is 3.55. The Balaban J connectivity index is 1.40. The van der Waals surface area contributed by atoms with Gasteiger partial charge in [-0.05, 0) is 36.8 Å². The molecule has 0 N–H and O–H groups in total. The number of hydrogen-bond acceptors (Lipinski definition) is 5. The van der Waals surface area contributed by atoms with Gasteiger partial charge in [0, 0.05) is 37.8 Å². The summed E-state index contributed by atoms with van der Waals surface area (Å²) in [6.45, 7) is 3.84. The third-order valence-corrected chi connectivity index (χ3v) is 5.48. The first-order chi connectivity index (χ1) is 15.5. The first-order valence-electron chi connectivity index (χ1n) is 10.2. The van der Waals surface area contributed by atoms with Gasteiger partial charge in [-0.2, -0.15) is 0 Å². The number of nitrogens with zero attached hydrogens (tertiary/aromatic N) is 4. The number of amides is 1. The van der Waals surface area contributed by atoms with E-state index in [-0.39, 0.29) is 17.0 Å². The number of halogens is 2. The zero-order valence-corrected chi connectivity index (χ0v) is 18.2. The van der Waals surface area contributed by atoms with Gasteiger partial charge in [0.15, 0.2) is 0 Å². The first-order valence-corrected chi connectivity index (χ1v) is 10.6. The number of hydrogen-bond donors (Lipinski definition) is 0. The minimum absolute atomic E-state index is 0.00236. The molecule has 0 spiro atoms. The van der Waals surface area contributed by atoms with Crippen molar-refractivity contribution in [2.45, 2.75) is 13.0 Å². The van der Waals surface area contributed by atoms with Gasteiger partial charge in [-0.3, -0.25) is 4.79 Å². The van der Waals surface area contributed by atoms with E-state index in [9.17, 15) is 9.18 Å². The molecule has 1 aromatic heterocycles. The summed E-state index contributed by atoms with van der Waals surface area (Å²) < 4.78 is 19.0. The lowest BCUT2D eigenvalue weighted by Crippen LogP contribution is -2.54. The van der Waals surface area contributed by atoms with E-state index in [1.54, 1.807) is 12.1 Å². The molecule has 2 heterocycles. The maximum Gasteiger partial charge on any atom is 0.246 e. The summed E-state index contributed by atoms with van der Waals surface area (Å²) in [5.74, 6) is 0.851. The van der Waals surface area contributed by atoms with Crippen molar-refractivity contribution < 1.29 is 13.9 Å². The van der Waals surface area contributed by atoms with Crippen molar-refractivity contribution in [1.82, 2.24) is 14.9 Å². The summed E-state index contributed by atoms with van der Waals surface area (Å²) in [7, 11) is 0. The predicted molar refractivity (Wildman–Crippen MR) is 122 cm³/mol. The van der Waals surface area contributed by atoms with Crippen LogP contribution in [-0.2, 0) is 4.79 Å². The van der Waals surface area contributed by atoms with Crippen molar-refractivity contribution >= 4 is 29.4 Å². The van der Waals surface area contributed by atoms with E-state index < -0.39 is 5.82 Å². The molecule has 1 amide bonds. The number of anilines is 1. The molecular weight excluding hydrogens is 431 g/mol. The van der Waals surface area contributed by atoms with Crippen LogP contribution in [0.4, 0.5) is 10.2 Å². The molecule has 2 aromatic carbocycles. The van der Waals surface area contributed by atoms with Crippen molar-refractivity contribution in [3.8, 4) is 11.6 Å². The molecule has 1 atom stereocenters. The maximum absolute atomic E-state index is 13.2. The van der Waals surface area contributed by atoms with Gasteiger partial charge < -0.3 is 14.5 Å². The zero-order chi connectivity index (χ0) is 22.5. The van der Waals surface area contributed by atoms with Gasteiger partial charge >= 0.3 is 0 Å². The largest absolute Gasteiger partial charge is 0.437 e. The number of carbonyl (C=O) groups is 1. The summed E-state index contributed by atoms with van der Waals surface area (Å²) >= 11 is 6.04. The fourth-order valence-corrected chi connectivity index (χ4v) is 3.76. The van der Waals surface area contributed by atoms with Crippen LogP contribution in [0.25, 0.3) is 6.08 Å². The minimum atomic E-state index is -0.439. The van der Waals surface area contributed by atoms with Crippen molar-refractivity contribution in [3.63, 3.8) is 0 Å². The molecule has 8 heteroatoms. The van der Waals surface area contributed by atoms with Crippen LogP contribution in [-0.4, -0.2) is 46.5 Å². The first kappa shape index (κ1) is 21.8. The highest BCUT2D eigenvalue weighted by molar-refractivity contribution is 6.32. The van der Waals surface area contributed by atoms with E-state index >= 15 is 0 Å². The van der Waals surface area contributed by atoms with Crippen LogP contribution in [0.3, 0.4) is 0 Å². The average Bonchev–Trinajstić information content (AvgIpc) is 2.80. The van der Waals surface area contributed by atoms with Gasteiger partial charge in [-0.15, -0.1) is 0 Å². The van der Waals surface area contributed by atoms with Crippen LogP contribution < -0.4 is 9.64 Å². The van der Waals surface area contributed by atoms with Crippen LogP contribution in [0.15, 0.2) is 67.0 Å². The number of benzene rings is 2. The predicted octanol–water partition coefficient (Wildman–Crippen LogP) is 4.81. The summed E-state index contributed by atoms with van der Waals surface area (Å²) in [4.78, 5) is 25.1. The Bertz CT molecular complexity index is 1130. The Morgan fingerprint density at radius 3 is 2.72 bits per heavy atom. The number of carbonyl (C=O) groups excluding carboxylic acids is 1. The molecule has 6 nitrogen and oxygen atoms in total. The molecular formula is C24H22ClFN4O2. The van der Waals surface area contributed by atoms with Crippen LogP contribution >= 0.6 is 11.6 Å². The monoisotopic (exact) mass is 452 g/mol. The molecule has 0 radical (unpaired) electrons. The lowest BCUT2D eigenvalue weighted by molar-refractivity contribution is -0.128. The highest BCUT2D eigenvalue weighted by Gasteiger charge is 2.27. The van der Waals surface area contributed by atoms with E-state index in [1.807, 2.05) is 48.2 Å². The lowest BCUT2D eigenvalue weighted by atomic mass is 10.1. The minimum Gasteiger partial charge on any atom is -0.437 e. The number of rotatable bonds is 5. The Kier molecular flexibility index (Phi) is 6.66. The fraction of sp³-hybridized carbons (Fsp3) is 0.208. The Morgan fingerprint density at radius 1 is 1.16 bits per heavy atom. The van der Waals surface area contributed by atoms with E-state index in [1.165, 1.54) is 24.5 Å². The summed E-state index contributed by atoms with van der Waals surface area (Å²) in [5, 5.41) is 0.162. The second-order valence-electron chi connectivity index (χ2n) is 7.46. The van der Waals surface area contributed by atoms with E-state index in [4.69, 9.17) is 16.3 Å². The maximum atomic E-state index is 13.2. The van der Waals surface area contributed by atoms with Gasteiger partial charge in [0.05, 0.1) is 5.02 Å². The third-order valence-electron chi connectivity index (χ3n) is 5.19. The van der Waals surface area contributed by atoms with E-state index in [0.717, 1.165) is 5.56 Å². The second kappa shape index (κ2) is 9.78. The summed E-state index contributed by atoms with van der Waals surface area (Å²) in [6, 6.07) is 15.4. The second-order valence-corrected chi connectivity index (χ2v) is 7.87. The van der Waals surface area contributed by atoms with Crippen molar-refractivity contribution in [2.75, 3.05) is 24.5 Å². The molecule has 1 aliphatic rings. The molecule has 164 valence electrons. The van der Waals surface area contributed by atoms with Crippen molar-refractivity contribution in [3.05, 3.63) is 83.4 Å². The van der Waals surface area contributed by atoms with Gasteiger partial charge in [0.25, 0.3) is 0 Å². The quantitative estimate of drug-likeness (QED) is 0.520. The SMILES string of the molecule is CC1CN(c2cc(Oc3ccc(F)cc3Cl)ncn2)CCN1C(=O)/C=C/c1ccccc1. The standard InChI is InChI=1S/C24H22ClFN4O2/c1-17-15-29(11-12-30(17)24(31)10-7-18-5-3-2-4-6-18)22-14-23(28-16-27-22)32-21-9-8-19(26)13-20(21)25/h2-10,13-14,16-17H,11-12,15H2,1H3/b10-7+. The van der Waals surface area contributed by atoms with Gasteiger partial charge in [-0.1, -0.05) is 41.9 Å². The van der Waals surface area contributed by atoms with E-state index in [0.29, 0.717) is 37.1 Å². The molecule has 1 unspecified atom stereocenters. The van der Waals surface area contributed by atoms with Gasteiger partial charge in [-0.25, -0.2) is 14.4 Å². The Morgan fingerprint density at radius 2 is 1.97 bits per heavy atom. The van der Waals surface area contributed by atoms with Gasteiger partial charge in [0.1, 0.15) is 23.7 Å². The molecule has 0 saturated carbocycles. The van der Waals surface area contributed by atoms with Crippen molar-refractivity contribution in [1.29, 1.82) is 0 Å². The third kappa shape index (κ3) is 5.23. The highest BCUT2D eigenvalue weighted by atomic mass is 35.5. The Hall–Kier alpha value is -3.45. The highest BCUT2D eigenvalue weighted by Crippen LogP contribution is 2.30. The molecule has 32 heavy (non-hydrogen) atoms. The van der Waals surface area contributed by atoms with Crippen LogP contribution in [0.2, 0.25) is 5.02 Å². The Labute approximate surface area is 190 Å². The van der Waals surface area contributed by atoms with Crippen LogP contribution in [0.5, 0.6) is 11.6 Å². The number of aromatic nitrogens is 2. The normalized spacial score (nSPS) is 16.4. The van der Waals surface area contributed by atoms with Gasteiger partial charge in [0.2, 0.25) is 11.8 Å². The summed E-state index contributed by atoms with van der Waals surface area (Å²) in [5.41, 5.74) is 0.988. The smallest absolute Gasteiger partial charge is 0.246 e. The van der Waals surface area contributed by atoms with E-state index in [2.05, 4.69) is 14.9 Å². The number of ether oxygens (including phenoxy) is 1. The molecule has 4 rings (SSSR count). The average molecular weight is 453 g/mol. The zero-order valence-electron chi connectivity index (χ0n) is 17.5. The molecule has 3 aromatic rings. The molecule has 1 saturated heterocycles. The molecule has 0 bridgehead atoms. The molecule has 1 fully saturated rings. The van der Waals surface area contributed by atoms with Crippen LogP contribution in [0.1, 0.15) is 12.5 Å². The lowest BCUT2D eigenvalue weighted by Gasteiger charge is -2.40. The number of piperazine rings is 1. The molecule has 1 aliphatic heterocycles. The van der Waals surface area contributed by atoms with Crippen LogP contribution in [0, 0.1) is 5.82 Å². The molecule has 0 aliphatic carbocycles. The summed E-state index contributed by atoms with van der Waals surface area (Å²) in [6.07, 6.45) is 4.85. The van der Waals surface area contributed by atoms with Crippen molar-refractivity contribution in [2.24, 2.45) is 0 Å².